The predicted molar refractivity (Wildman–Crippen MR) is 67.9 cm³/mol. The van der Waals surface area contributed by atoms with Crippen molar-refractivity contribution in [2.75, 3.05) is 6.61 Å². The van der Waals surface area contributed by atoms with E-state index < -0.39 is 0 Å². The molecule has 4 heteroatoms. The van der Waals surface area contributed by atoms with E-state index in [0.29, 0.717) is 24.0 Å². The number of carbonyl (C=O) groups excluding carboxylic acids is 1. The molecule has 0 unspecified atom stereocenters. The molecule has 18 heavy (non-hydrogen) atoms. The maximum absolute atomic E-state index is 11.8. The van der Waals surface area contributed by atoms with Crippen molar-refractivity contribution >= 4 is 16.9 Å². The van der Waals surface area contributed by atoms with Gasteiger partial charge in [-0.2, -0.15) is 0 Å². The van der Waals surface area contributed by atoms with Gasteiger partial charge in [0, 0.05) is 11.4 Å². The first kappa shape index (κ1) is 11.1. The van der Waals surface area contributed by atoms with Gasteiger partial charge in [0.05, 0.1) is 6.61 Å². The zero-order valence-corrected chi connectivity index (χ0v) is 10.2. The molecule has 2 aromatic rings. The number of furan rings is 1. The van der Waals surface area contributed by atoms with Gasteiger partial charge in [-0.25, -0.2) is 0 Å². The van der Waals surface area contributed by atoms with E-state index in [1.807, 2.05) is 25.1 Å². The molecule has 4 nitrogen and oxygen atoms in total. The number of hydrogen-bond donors (Lipinski definition) is 1. The molecule has 0 bridgehead atoms. The third-order valence-corrected chi connectivity index (χ3v) is 2.94. The minimum absolute atomic E-state index is 0.133. The highest BCUT2D eigenvalue weighted by atomic mass is 16.5. The van der Waals surface area contributed by atoms with Crippen LogP contribution < -0.4 is 10.1 Å². The predicted octanol–water partition coefficient (Wildman–Crippen LogP) is 2.72. The Morgan fingerprint density at radius 2 is 2.28 bits per heavy atom. The van der Waals surface area contributed by atoms with Gasteiger partial charge < -0.3 is 14.5 Å². The molecule has 0 radical (unpaired) electrons. The SMILES string of the molecule is CCOc1ccc2oc(C(=O)NC3CC3)cc2c1. The average molecular weight is 245 g/mol. The molecular weight excluding hydrogens is 230 g/mol. The van der Waals surface area contributed by atoms with E-state index in [1.54, 1.807) is 6.07 Å². The molecule has 1 amide bonds. The third-order valence-electron chi connectivity index (χ3n) is 2.94. The van der Waals surface area contributed by atoms with E-state index >= 15 is 0 Å². The summed E-state index contributed by atoms with van der Waals surface area (Å²) in [5, 5.41) is 3.80. The topological polar surface area (TPSA) is 51.5 Å². The second kappa shape index (κ2) is 4.37. The van der Waals surface area contributed by atoms with E-state index in [4.69, 9.17) is 9.15 Å². The number of fused-ring (bicyclic) bond motifs is 1. The number of ether oxygens (including phenoxy) is 1. The van der Waals surface area contributed by atoms with Crippen LogP contribution >= 0.6 is 0 Å². The summed E-state index contributed by atoms with van der Waals surface area (Å²) in [4.78, 5) is 11.8. The Kier molecular flexibility index (Phi) is 2.70. The molecule has 1 heterocycles. The highest BCUT2D eigenvalue weighted by Crippen LogP contribution is 2.25. The Morgan fingerprint density at radius 3 is 3.00 bits per heavy atom. The number of hydrogen-bond acceptors (Lipinski definition) is 3. The Labute approximate surface area is 105 Å². The molecular formula is C14H15NO3. The summed E-state index contributed by atoms with van der Waals surface area (Å²) < 4.78 is 10.9. The first-order valence-electron chi connectivity index (χ1n) is 6.23. The minimum atomic E-state index is -0.133. The van der Waals surface area contributed by atoms with Crippen LogP contribution in [0.2, 0.25) is 0 Å². The van der Waals surface area contributed by atoms with Crippen LogP contribution in [0.15, 0.2) is 28.7 Å². The molecule has 0 saturated heterocycles. The monoisotopic (exact) mass is 245 g/mol. The molecule has 1 N–H and O–H groups in total. The second-order valence-corrected chi connectivity index (χ2v) is 4.49. The maximum Gasteiger partial charge on any atom is 0.287 e. The van der Waals surface area contributed by atoms with Gasteiger partial charge in [-0.3, -0.25) is 4.79 Å². The van der Waals surface area contributed by atoms with Crippen molar-refractivity contribution in [1.29, 1.82) is 0 Å². The summed E-state index contributed by atoms with van der Waals surface area (Å²) in [6, 6.07) is 7.66. The van der Waals surface area contributed by atoms with Gasteiger partial charge in [0.1, 0.15) is 11.3 Å². The molecule has 1 aromatic carbocycles. The van der Waals surface area contributed by atoms with Crippen LogP contribution in [-0.4, -0.2) is 18.6 Å². The van der Waals surface area contributed by atoms with Crippen LogP contribution in [0.1, 0.15) is 30.3 Å². The van der Waals surface area contributed by atoms with Gasteiger partial charge in [-0.1, -0.05) is 0 Å². The molecule has 94 valence electrons. The fraction of sp³-hybridized carbons (Fsp3) is 0.357. The number of amides is 1. The number of carbonyl (C=O) groups is 1. The molecule has 0 aliphatic heterocycles. The van der Waals surface area contributed by atoms with Crippen molar-refractivity contribution in [3.05, 3.63) is 30.0 Å². The Balaban J connectivity index is 1.87. The maximum atomic E-state index is 11.8. The number of benzene rings is 1. The third kappa shape index (κ3) is 2.18. The van der Waals surface area contributed by atoms with Gasteiger partial charge in [0.25, 0.3) is 5.91 Å². The summed E-state index contributed by atoms with van der Waals surface area (Å²) in [6.45, 7) is 2.56. The van der Waals surface area contributed by atoms with Crippen molar-refractivity contribution < 1.29 is 13.9 Å². The fourth-order valence-electron chi connectivity index (χ4n) is 1.87. The van der Waals surface area contributed by atoms with Crippen molar-refractivity contribution in [3.8, 4) is 5.75 Å². The molecule has 3 rings (SSSR count). The quantitative estimate of drug-likeness (QED) is 0.901. The smallest absolute Gasteiger partial charge is 0.287 e. The van der Waals surface area contributed by atoms with E-state index in [2.05, 4.69) is 5.32 Å². The van der Waals surface area contributed by atoms with Crippen molar-refractivity contribution in [2.24, 2.45) is 0 Å². The van der Waals surface area contributed by atoms with E-state index in [9.17, 15) is 4.79 Å². The Hall–Kier alpha value is -1.97. The first-order chi connectivity index (χ1) is 8.76. The van der Waals surface area contributed by atoms with Crippen LogP contribution in [-0.2, 0) is 0 Å². The standard InChI is InChI=1S/C14H15NO3/c1-2-17-11-5-6-12-9(7-11)8-13(18-12)14(16)15-10-3-4-10/h5-8,10H,2-4H2,1H3,(H,15,16). The highest BCUT2D eigenvalue weighted by Gasteiger charge is 2.25. The lowest BCUT2D eigenvalue weighted by atomic mass is 10.2. The highest BCUT2D eigenvalue weighted by molar-refractivity contribution is 5.96. The zero-order valence-electron chi connectivity index (χ0n) is 10.2. The molecule has 1 aromatic heterocycles. The second-order valence-electron chi connectivity index (χ2n) is 4.49. The lowest BCUT2D eigenvalue weighted by Gasteiger charge is -2.00. The number of nitrogens with one attached hydrogen (secondary N) is 1. The largest absolute Gasteiger partial charge is 0.494 e. The van der Waals surface area contributed by atoms with Crippen molar-refractivity contribution in [2.45, 2.75) is 25.8 Å². The molecule has 0 spiro atoms. The molecule has 1 aliphatic carbocycles. The molecule has 1 aliphatic rings. The van der Waals surface area contributed by atoms with E-state index in [1.165, 1.54) is 0 Å². The fourth-order valence-corrected chi connectivity index (χ4v) is 1.87. The summed E-state index contributed by atoms with van der Waals surface area (Å²) in [5.74, 6) is 1.03. The average Bonchev–Trinajstić information content (AvgIpc) is 3.06. The van der Waals surface area contributed by atoms with Crippen LogP contribution in [0.5, 0.6) is 5.75 Å². The Bertz CT molecular complexity index is 584. The zero-order chi connectivity index (χ0) is 12.5. The summed E-state index contributed by atoms with van der Waals surface area (Å²) in [6.07, 6.45) is 2.14. The normalized spacial score (nSPS) is 14.7. The molecule has 1 saturated carbocycles. The number of rotatable bonds is 4. The van der Waals surface area contributed by atoms with Gasteiger partial charge in [-0.15, -0.1) is 0 Å². The minimum Gasteiger partial charge on any atom is -0.494 e. The van der Waals surface area contributed by atoms with Gasteiger partial charge in [0.2, 0.25) is 0 Å². The summed E-state index contributed by atoms with van der Waals surface area (Å²) in [7, 11) is 0. The van der Waals surface area contributed by atoms with Gasteiger partial charge >= 0.3 is 0 Å². The Morgan fingerprint density at radius 1 is 1.44 bits per heavy atom. The van der Waals surface area contributed by atoms with Crippen LogP contribution in [0.25, 0.3) is 11.0 Å². The van der Waals surface area contributed by atoms with E-state index in [-0.39, 0.29) is 5.91 Å². The van der Waals surface area contributed by atoms with Crippen molar-refractivity contribution in [3.63, 3.8) is 0 Å². The lowest BCUT2D eigenvalue weighted by Crippen LogP contribution is -2.24. The van der Waals surface area contributed by atoms with Crippen LogP contribution in [0.4, 0.5) is 0 Å². The first-order valence-corrected chi connectivity index (χ1v) is 6.23. The summed E-state index contributed by atoms with van der Waals surface area (Å²) in [5.41, 5.74) is 0.708. The van der Waals surface area contributed by atoms with Crippen molar-refractivity contribution in [1.82, 2.24) is 5.32 Å². The molecule has 1 fully saturated rings. The van der Waals surface area contributed by atoms with E-state index in [0.717, 1.165) is 24.0 Å². The van der Waals surface area contributed by atoms with Gasteiger partial charge in [0.15, 0.2) is 5.76 Å². The van der Waals surface area contributed by atoms with Crippen LogP contribution in [0, 0.1) is 0 Å². The van der Waals surface area contributed by atoms with Crippen LogP contribution in [0.3, 0.4) is 0 Å². The lowest BCUT2D eigenvalue weighted by molar-refractivity contribution is 0.0925. The molecule has 0 atom stereocenters. The van der Waals surface area contributed by atoms with Gasteiger partial charge in [-0.05, 0) is 44.0 Å². The summed E-state index contributed by atoms with van der Waals surface area (Å²) >= 11 is 0.